The van der Waals surface area contributed by atoms with E-state index >= 15 is 0 Å². The summed E-state index contributed by atoms with van der Waals surface area (Å²) in [6.07, 6.45) is 2.91. The lowest BCUT2D eigenvalue weighted by Gasteiger charge is -2.38. The van der Waals surface area contributed by atoms with Crippen molar-refractivity contribution in [2.45, 2.75) is 43.9 Å². The molecule has 1 heterocycles. The van der Waals surface area contributed by atoms with Crippen LogP contribution in [0.1, 0.15) is 32.6 Å². The molecule has 1 aliphatic carbocycles. The summed E-state index contributed by atoms with van der Waals surface area (Å²) in [5.41, 5.74) is 0. The van der Waals surface area contributed by atoms with E-state index < -0.39 is 21.2 Å². The summed E-state index contributed by atoms with van der Waals surface area (Å²) in [6.45, 7) is 3.71. The molecule has 1 saturated heterocycles. The smallest absolute Gasteiger partial charge is 0.310 e. The molecule has 1 N–H and O–H groups in total. The molecule has 1 aliphatic heterocycles. The van der Waals surface area contributed by atoms with Crippen LogP contribution in [0.5, 0.6) is 0 Å². The number of sulfonamides is 1. The van der Waals surface area contributed by atoms with Gasteiger partial charge >= 0.3 is 5.97 Å². The Balaban J connectivity index is 2.23. The van der Waals surface area contributed by atoms with Crippen LogP contribution in [0, 0.1) is 5.92 Å². The lowest BCUT2D eigenvalue weighted by Crippen LogP contribution is -2.56. The predicted octanol–water partition coefficient (Wildman–Crippen LogP) is 0.342. The van der Waals surface area contributed by atoms with E-state index in [0.29, 0.717) is 32.5 Å². The monoisotopic (exact) mass is 304 g/mol. The largest absolute Gasteiger partial charge is 0.469 e. The molecule has 1 saturated carbocycles. The normalized spacial score (nSPS) is 32.8. The number of ether oxygens (including phenoxy) is 1. The molecular formula is C13H24N2O4S. The minimum absolute atomic E-state index is 0.0611. The average Bonchev–Trinajstić information content (AvgIpc) is 2.46. The first-order valence-electron chi connectivity index (χ1n) is 7.27. The van der Waals surface area contributed by atoms with Crippen LogP contribution in [-0.4, -0.2) is 56.7 Å². The van der Waals surface area contributed by atoms with Gasteiger partial charge in [-0.05, 0) is 19.8 Å². The fourth-order valence-corrected chi connectivity index (χ4v) is 5.65. The third kappa shape index (κ3) is 2.99. The van der Waals surface area contributed by atoms with Crippen LogP contribution in [0.3, 0.4) is 0 Å². The number of carbonyl (C=O) groups is 1. The Labute approximate surface area is 120 Å². The van der Waals surface area contributed by atoms with E-state index in [1.807, 2.05) is 6.92 Å². The molecule has 2 unspecified atom stereocenters. The van der Waals surface area contributed by atoms with Crippen molar-refractivity contribution in [1.82, 2.24) is 9.62 Å². The highest BCUT2D eigenvalue weighted by molar-refractivity contribution is 7.89. The maximum atomic E-state index is 12.9. The highest BCUT2D eigenvalue weighted by Crippen LogP contribution is 2.33. The topological polar surface area (TPSA) is 75.7 Å². The Hall–Kier alpha value is -0.660. The summed E-state index contributed by atoms with van der Waals surface area (Å²) in [6, 6.07) is -0.0611. The Morgan fingerprint density at radius 3 is 2.65 bits per heavy atom. The summed E-state index contributed by atoms with van der Waals surface area (Å²) >= 11 is 0. The van der Waals surface area contributed by atoms with Crippen molar-refractivity contribution in [3.05, 3.63) is 0 Å². The van der Waals surface area contributed by atoms with Gasteiger partial charge in [-0.15, -0.1) is 0 Å². The number of piperazine rings is 1. The van der Waals surface area contributed by atoms with E-state index in [0.717, 1.165) is 12.8 Å². The second-order valence-corrected chi connectivity index (χ2v) is 7.77. The molecule has 20 heavy (non-hydrogen) atoms. The third-order valence-electron chi connectivity index (χ3n) is 4.36. The molecule has 0 bridgehead atoms. The van der Waals surface area contributed by atoms with Crippen molar-refractivity contribution in [1.29, 1.82) is 0 Å². The Bertz CT molecular complexity index is 451. The maximum absolute atomic E-state index is 12.9. The molecule has 0 radical (unpaired) electrons. The number of nitrogens with one attached hydrogen (secondary N) is 1. The van der Waals surface area contributed by atoms with Crippen molar-refractivity contribution in [3.8, 4) is 0 Å². The van der Waals surface area contributed by atoms with Gasteiger partial charge in [0.2, 0.25) is 10.0 Å². The summed E-state index contributed by atoms with van der Waals surface area (Å²) < 4.78 is 32.1. The Morgan fingerprint density at radius 1 is 1.30 bits per heavy atom. The number of hydrogen-bond acceptors (Lipinski definition) is 5. The first-order chi connectivity index (χ1) is 9.48. The van der Waals surface area contributed by atoms with Crippen molar-refractivity contribution >= 4 is 16.0 Å². The molecule has 0 amide bonds. The quantitative estimate of drug-likeness (QED) is 0.761. The van der Waals surface area contributed by atoms with E-state index in [4.69, 9.17) is 4.74 Å². The van der Waals surface area contributed by atoms with Crippen LogP contribution in [0.25, 0.3) is 0 Å². The van der Waals surface area contributed by atoms with Gasteiger partial charge in [0, 0.05) is 25.7 Å². The lowest BCUT2D eigenvalue weighted by atomic mass is 9.89. The molecule has 0 spiro atoms. The van der Waals surface area contributed by atoms with E-state index in [1.54, 1.807) is 4.31 Å². The molecule has 0 aromatic rings. The number of carbonyl (C=O) groups excluding carboxylic acids is 1. The summed E-state index contributed by atoms with van der Waals surface area (Å²) in [5, 5.41) is 2.57. The fraction of sp³-hybridized carbons (Fsp3) is 0.923. The van der Waals surface area contributed by atoms with Crippen LogP contribution in [0.2, 0.25) is 0 Å². The highest BCUT2D eigenvalue weighted by Gasteiger charge is 2.44. The minimum atomic E-state index is -3.45. The summed E-state index contributed by atoms with van der Waals surface area (Å²) in [7, 11) is -2.12. The van der Waals surface area contributed by atoms with Crippen LogP contribution >= 0.6 is 0 Å². The first kappa shape index (κ1) is 15.7. The number of esters is 1. The van der Waals surface area contributed by atoms with Gasteiger partial charge in [0.05, 0.1) is 18.3 Å². The van der Waals surface area contributed by atoms with Crippen molar-refractivity contribution in [2.75, 3.05) is 26.7 Å². The zero-order valence-electron chi connectivity index (χ0n) is 12.2. The van der Waals surface area contributed by atoms with Gasteiger partial charge in [-0.2, -0.15) is 4.31 Å². The SMILES string of the molecule is COC(=O)C1CCCCC1S(=O)(=O)N1CCNC[C@H]1C. The van der Waals surface area contributed by atoms with Crippen molar-refractivity contribution in [3.63, 3.8) is 0 Å². The average molecular weight is 304 g/mol. The fourth-order valence-electron chi connectivity index (χ4n) is 3.25. The van der Waals surface area contributed by atoms with Gasteiger partial charge in [0.15, 0.2) is 0 Å². The van der Waals surface area contributed by atoms with Crippen molar-refractivity contribution in [2.24, 2.45) is 5.92 Å². The van der Waals surface area contributed by atoms with Crippen LogP contribution in [0.15, 0.2) is 0 Å². The zero-order chi connectivity index (χ0) is 14.8. The van der Waals surface area contributed by atoms with Gasteiger partial charge in [-0.1, -0.05) is 12.8 Å². The van der Waals surface area contributed by atoms with E-state index in [-0.39, 0.29) is 12.0 Å². The number of nitrogens with zero attached hydrogens (tertiary/aromatic N) is 1. The lowest BCUT2D eigenvalue weighted by molar-refractivity contribution is -0.146. The second kappa shape index (κ2) is 6.41. The molecule has 3 atom stereocenters. The van der Waals surface area contributed by atoms with Gasteiger partial charge in [0.1, 0.15) is 0 Å². The van der Waals surface area contributed by atoms with E-state index in [1.165, 1.54) is 7.11 Å². The van der Waals surface area contributed by atoms with E-state index in [2.05, 4.69) is 5.32 Å². The van der Waals surface area contributed by atoms with Gasteiger partial charge in [0.25, 0.3) is 0 Å². The van der Waals surface area contributed by atoms with Crippen LogP contribution in [-0.2, 0) is 19.6 Å². The Morgan fingerprint density at radius 2 is 2.00 bits per heavy atom. The number of methoxy groups -OCH3 is 1. The van der Waals surface area contributed by atoms with Gasteiger partial charge < -0.3 is 10.1 Å². The molecule has 7 heteroatoms. The number of hydrogen-bond donors (Lipinski definition) is 1. The minimum Gasteiger partial charge on any atom is -0.469 e. The third-order valence-corrected chi connectivity index (χ3v) is 6.88. The van der Waals surface area contributed by atoms with Gasteiger partial charge in [-0.3, -0.25) is 4.79 Å². The zero-order valence-corrected chi connectivity index (χ0v) is 13.0. The first-order valence-corrected chi connectivity index (χ1v) is 8.78. The van der Waals surface area contributed by atoms with Crippen molar-refractivity contribution < 1.29 is 17.9 Å². The molecule has 0 aromatic carbocycles. The molecule has 2 aliphatic rings. The second-order valence-electron chi connectivity index (χ2n) is 5.66. The van der Waals surface area contributed by atoms with Crippen LogP contribution in [0.4, 0.5) is 0 Å². The summed E-state index contributed by atoms with van der Waals surface area (Å²) in [4.78, 5) is 11.9. The molecule has 6 nitrogen and oxygen atoms in total. The Kier molecular flexibility index (Phi) is 5.04. The molecule has 116 valence electrons. The predicted molar refractivity (Wildman–Crippen MR) is 75.7 cm³/mol. The standard InChI is InChI=1S/C13H24N2O4S/c1-10-9-14-7-8-15(10)20(17,18)12-6-4-3-5-11(12)13(16)19-2/h10-12,14H,3-9H2,1-2H3/t10-,11?,12?/m1/s1. The molecule has 2 rings (SSSR count). The van der Waals surface area contributed by atoms with Crippen LogP contribution < -0.4 is 5.32 Å². The molecule has 0 aromatic heterocycles. The van der Waals surface area contributed by atoms with E-state index in [9.17, 15) is 13.2 Å². The molecule has 2 fully saturated rings. The molecular weight excluding hydrogens is 280 g/mol. The summed E-state index contributed by atoms with van der Waals surface area (Å²) in [5.74, 6) is -0.901. The van der Waals surface area contributed by atoms with Gasteiger partial charge in [-0.25, -0.2) is 8.42 Å². The number of rotatable bonds is 3. The maximum Gasteiger partial charge on any atom is 0.310 e. The highest BCUT2D eigenvalue weighted by atomic mass is 32.2.